The van der Waals surface area contributed by atoms with Crippen LogP contribution in [0.15, 0.2) is 124 Å². The molecule has 0 atom stereocenters. The Bertz CT molecular complexity index is 1440. The van der Waals surface area contributed by atoms with Crippen LogP contribution in [-0.4, -0.2) is 5.11 Å². The van der Waals surface area contributed by atoms with Crippen LogP contribution >= 0.6 is 0 Å². The van der Waals surface area contributed by atoms with E-state index in [2.05, 4.69) is 20.5 Å². The summed E-state index contributed by atoms with van der Waals surface area (Å²) in [7, 11) is 0. The number of rotatable bonds is 4. The number of hydrogen-bond donors (Lipinski definition) is 1. The second kappa shape index (κ2) is 8.16. The molecule has 1 N–H and O–H groups in total. The minimum Gasteiger partial charge on any atom is -0.506 e. The zero-order valence-electron chi connectivity index (χ0n) is 16.6. The Hall–Kier alpha value is -4.38. The zero-order valence-corrected chi connectivity index (χ0v) is 16.6. The molecule has 5 nitrogen and oxygen atoms in total. The van der Waals surface area contributed by atoms with Crippen LogP contribution in [-0.2, 0) is 0 Å². The predicted molar refractivity (Wildman–Crippen MR) is 124 cm³/mol. The lowest BCUT2D eigenvalue weighted by atomic mass is 10.1. The summed E-state index contributed by atoms with van der Waals surface area (Å²) < 4.78 is 0. The van der Waals surface area contributed by atoms with Gasteiger partial charge in [0.05, 0.1) is 17.1 Å². The SMILES string of the molecule is Oc1ccc2ccccc2c1/N=N/c1ccc(/N=N/c2ccccc2)c2ccccc12. The van der Waals surface area contributed by atoms with Gasteiger partial charge in [0.25, 0.3) is 0 Å². The molecule has 0 bridgehead atoms. The van der Waals surface area contributed by atoms with Crippen molar-refractivity contribution in [1.29, 1.82) is 0 Å². The molecule has 5 aromatic carbocycles. The standard InChI is InChI=1S/C26H18N4O/c31-25-17-14-18-8-4-5-11-20(18)26(25)30-29-24-16-15-23(21-12-6-7-13-22(21)24)28-27-19-9-2-1-3-10-19/h1-17,31H/b28-27+,30-29+. The molecule has 0 unspecified atom stereocenters. The van der Waals surface area contributed by atoms with Gasteiger partial charge < -0.3 is 5.11 Å². The van der Waals surface area contributed by atoms with E-state index in [0.717, 1.165) is 32.9 Å². The Balaban J connectivity index is 1.57. The molecule has 0 aliphatic carbocycles. The Kier molecular flexibility index (Phi) is 4.91. The van der Waals surface area contributed by atoms with E-state index in [9.17, 15) is 5.11 Å². The monoisotopic (exact) mass is 402 g/mol. The van der Waals surface area contributed by atoms with Crippen molar-refractivity contribution in [1.82, 2.24) is 0 Å². The fraction of sp³-hybridized carbons (Fsp3) is 0. The summed E-state index contributed by atoms with van der Waals surface area (Å²) in [5, 5.41) is 31.7. The zero-order chi connectivity index (χ0) is 21.0. The first-order valence-corrected chi connectivity index (χ1v) is 9.90. The number of aromatic hydroxyl groups is 1. The normalized spacial score (nSPS) is 11.7. The van der Waals surface area contributed by atoms with Gasteiger partial charge in [0.2, 0.25) is 0 Å². The van der Waals surface area contributed by atoms with Gasteiger partial charge in [-0.3, -0.25) is 0 Å². The summed E-state index contributed by atoms with van der Waals surface area (Å²) in [6.07, 6.45) is 0. The maximum Gasteiger partial charge on any atom is 0.143 e. The highest BCUT2D eigenvalue weighted by Crippen LogP contribution is 2.38. The number of phenolic OH excluding ortho intramolecular Hbond substituents is 1. The lowest BCUT2D eigenvalue weighted by molar-refractivity contribution is 0.477. The van der Waals surface area contributed by atoms with Gasteiger partial charge in [-0.2, -0.15) is 5.11 Å². The van der Waals surface area contributed by atoms with Gasteiger partial charge in [-0.25, -0.2) is 0 Å². The van der Waals surface area contributed by atoms with Crippen molar-refractivity contribution in [3.05, 3.63) is 103 Å². The van der Waals surface area contributed by atoms with E-state index in [4.69, 9.17) is 0 Å². The minimum atomic E-state index is 0.0973. The van der Waals surface area contributed by atoms with Crippen molar-refractivity contribution in [2.75, 3.05) is 0 Å². The van der Waals surface area contributed by atoms with Crippen LogP contribution in [0.3, 0.4) is 0 Å². The largest absolute Gasteiger partial charge is 0.506 e. The van der Waals surface area contributed by atoms with E-state index in [0.29, 0.717) is 11.4 Å². The number of hydrogen-bond acceptors (Lipinski definition) is 5. The first-order valence-electron chi connectivity index (χ1n) is 9.90. The molecule has 0 heterocycles. The third kappa shape index (κ3) is 3.76. The Morgan fingerprint density at radius 2 is 1.03 bits per heavy atom. The minimum absolute atomic E-state index is 0.0973. The fourth-order valence-corrected chi connectivity index (χ4v) is 3.50. The van der Waals surface area contributed by atoms with Gasteiger partial charge in [-0.15, -0.1) is 15.3 Å². The molecule has 0 saturated heterocycles. The highest BCUT2D eigenvalue weighted by molar-refractivity contribution is 6.00. The van der Waals surface area contributed by atoms with Crippen LogP contribution < -0.4 is 0 Å². The van der Waals surface area contributed by atoms with Crippen molar-refractivity contribution in [3.63, 3.8) is 0 Å². The first kappa shape index (κ1) is 18.6. The van der Waals surface area contributed by atoms with E-state index >= 15 is 0 Å². The Labute approximate surface area is 179 Å². The summed E-state index contributed by atoms with van der Waals surface area (Å²) in [6.45, 7) is 0. The second-order valence-electron chi connectivity index (χ2n) is 7.04. The van der Waals surface area contributed by atoms with E-state index < -0.39 is 0 Å². The van der Waals surface area contributed by atoms with Crippen LogP contribution in [0.1, 0.15) is 0 Å². The third-order valence-electron chi connectivity index (χ3n) is 5.04. The lowest BCUT2D eigenvalue weighted by Crippen LogP contribution is -1.77. The summed E-state index contributed by atoms with van der Waals surface area (Å²) in [5.41, 5.74) is 2.70. The van der Waals surface area contributed by atoms with Gasteiger partial charge in [0.15, 0.2) is 0 Å². The van der Waals surface area contributed by atoms with Crippen LogP contribution in [0, 0.1) is 0 Å². The molecule has 0 aliphatic heterocycles. The molecule has 5 heteroatoms. The molecule has 148 valence electrons. The van der Waals surface area contributed by atoms with Crippen LogP contribution in [0.2, 0.25) is 0 Å². The summed E-state index contributed by atoms with van der Waals surface area (Å²) in [6, 6.07) is 32.5. The predicted octanol–water partition coefficient (Wildman–Crippen LogP) is 8.53. The number of benzene rings is 5. The number of fused-ring (bicyclic) bond motifs is 2. The lowest BCUT2D eigenvalue weighted by Gasteiger charge is -2.06. The van der Waals surface area contributed by atoms with Gasteiger partial charge in [0.1, 0.15) is 11.4 Å². The second-order valence-corrected chi connectivity index (χ2v) is 7.04. The Morgan fingerprint density at radius 1 is 0.452 bits per heavy atom. The van der Waals surface area contributed by atoms with E-state index in [1.165, 1.54) is 0 Å². The van der Waals surface area contributed by atoms with Gasteiger partial charge in [-0.1, -0.05) is 72.8 Å². The van der Waals surface area contributed by atoms with Gasteiger partial charge >= 0.3 is 0 Å². The molecule has 0 aromatic heterocycles. The maximum atomic E-state index is 10.3. The molecule has 0 fully saturated rings. The maximum absolute atomic E-state index is 10.3. The van der Waals surface area contributed by atoms with Crippen LogP contribution in [0.25, 0.3) is 21.5 Å². The summed E-state index contributed by atoms with van der Waals surface area (Å²) in [5.74, 6) is 0.0973. The van der Waals surface area contributed by atoms with Crippen molar-refractivity contribution in [2.45, 2.75) is 0 Å². The molecule has 5 rings (SSSR count). The van der Waals surface area contributed by atoms with Crippen molar-refractivity contribution in [3.8, 4) is 5.75 Å². The fourth-order valence-electron chi connectivity index (χ4n) is 3.50. The van der Waals surface area contributed by atoms with Crippen molar-refractivity contribution in [2.24, 2.45) is 20.5 Å². The topological polar surface area (TPSA) is 69.7 Å². The van der Waals surface area contributed by atoms with Crippen LogP contribution in [0.5, 0.6) is 5.75 Å². The molecular formula is C26H18N4O. The average Bonchev–Trinajstić information content (AvgIpc) is 2.83. The summed E-state index contributed by atoms with van der Waals surface area (Å²) in [4.78, 5) is 0. The van der Waals surface area contributed by atoms with Gasteiger partial charge in [-0.05, 0) is 35.7 Å². The Morgan fingerprint density at radius 3 is 1.74 bits per heavy atom. The van der Waals surface area contributed by atoms with Gasteiger partial charge in [0, 0.05) is 16.2 Å². The van der Waals surface area contributed by atoms with E-state index in [-0.39, 0.29) is 5.75 Å². The molecule has 0 aliphatic rings. The quantitative estimate of drug-likeness (QED) is 0.301. The molecule has 0 spiro atoms. The smallest absolute Gasteiger partial charge is 0.143 e. The molecule has 0 amide bonds. The molecule has 0 radical (unpaired) electrons. The van der Waals surface area contributed by atoms with E-state index in [1.54, 1.807) is 6.07 Å². The van der Waals surface area contributed by atoms with Crippen molar-refractivity contribution < 1.29 is 5.11 Å². The molecule has 5 aromatic rings. The average molecular weight is 402 g/mol. The van der Waals surface area contributed by atoms with Crippen molar-refractivity contribution >= 4 is 44.3 Å². The first-order chi connectivity index (χ1) is 15.3. The highest BCUT2D eigenvalue weighted by atomic mass is 16.3. The van der Waals surface area contributed by atoms with Crippen LogP contribution in [0.4, 0.5) is 22.7 Å². The van der Waals surface area contributed by atoms with E-state index in [1.807, 2.05) is 97.1 Å². The third-order valence-corrected chi connectivity index (χ3v) is 5.04. The molecule has 0 saturated carbocycles. The summed E-state index contributed by atoms with van der Waals surface area (Å²) >= 11 is 0. The molecule has 31 heavy (non-hydrogen) atoms. The number of azo groups is 2. The number of phenols is 1. The highest BCUT2D eigenvalue weighted by Gasteiger charge is 2.08. The number of nitrogens with zero attached hydrogens (tertiary/aromatic N) is 4. The molecular weight excluding hydrogens is 384 g/mol.